The minimum Gasteiger partial charge on any atom is -0.469 e. The average Bonchev–Trinajstić information content (AvgIpc) is 3.03. The maximum atomic E-state index is 12.7. The molecule has 1 N–H and O–H groups in total. The number of hydrogen-bond donors (Lipinski definition) is 1. The predicted molar refractivity (Wildman–Crippen MR) is 107 cm³/mol. The third-order valence-electron chi connectivity index (χ3n) is 4.96. The summed E-state index contributed by atoms with van der Waals surface area (Å²) in [6.07, 6.45) is 2.79. The normalized spacial score (nSPS) is 16.1. The largest absolute Gasteiger partial charge is 0.469 e. The van der Waals surface area contributed by atoms with E-state index in [-0.39, 0.29) is 18.2 Å². The number of carbonyl (C=O) groups is 3. The van der Waals surface area contributed by atoms with Gasteiger partial charge in [0.15, 0.2) is 5.78 Å². The van der Waals surface area contributed by atoms with Crippen molar-refractivity contribution in [3.05, 3.63) is 39.2 Å². The summed E-state index contributed by atoms with van der Waals surface area (Å²) in [6, 6.07) is 0. The molecule has 0 spiro atoms. The number of H-pyrrole nitrogens is 1. The number of hydrogen-bond acceptors (Lipinski definition) is 5. The van der Waals surface area contributed by atoms with Crippen LogP contribution in [-0.4, -0.2) is 35.4 Å². The first-order valence-electron chi connectivity index (χ1n) is 9.37. The van der Waals surface area contributed by atoms with Crippen molar-refractivity contribution >= 4 is 23.8 Å². The van der Waals surface area contributed by atoms with Crippen molar-refractivity contribution < 1.29 is 23.9 Å². The fourth-order valence-corrected chi connectivity index (χ4v) is 3.16. The maximum Gasteiger partial charge on any atom is 0.355 e. The van der Waals surface area contributed by atoms with Gasteiger partial charge in [0.05, 0.1) is 7.11 Å². The van der Waals surface area contributed by atoms with Gasteiger partial charge < -0.3 is 14.5 Å². The smallest absolute Gasteiger partial charge is 0.355 e. The van der Waals surface area contributed by atoms with Gasteiger partial charge in [0.2, 0.25) is 0 Å². The molecule has 0 bridgehead atoms. The minimum atomic E-state index is -0.636. The standard InChI is InChI=1S/C22H29NO5/c1-12-13(2)18(24)11-15(12)10-17-14(3)16(8-9-19(25)27-7)20(23-17)21(26)28-22(4,5)6/h10,23H,8-9,11H2,1-7H3/b15-10+. The van der Waals surface area contributed by atoms with Crippen LogP contribution >= 0.6 is 0 Å². The summed E-state index contributed by atoms with van der Waals surface area (Å²) in [4.78, 5) is 39.5. The van der Waals surface area contributed by atoms with Crippen LogP contribution in [0.15, 0.2) is 16.7 Å². The fourth-order valence-electron chi connectivity index (χ4n) is 3.16. The van der Waals surface area contributed by atoms with Crippen LogP contribution in [0.4, 0.5) is 0 Å². The van der Waals surface area contributed by atoms with Gasteiger partial charge in [-0.25, -0.2) is 4.79 Å². The molecule has 0 unspecified atom stereocenters. The van der Waals surface area contributed by atoms with E-state index in [1.54, 1.807) is 20.8 Å². The number of methoxy groups -OCH3 is 1. The Bertz CT molecular complexity index is 877. The lowest BCUT2D eigenvalue weighted by Gasteiger charge is -2.19. The molecule has 6 nitrogen and oxygen atoms in total. The Labute approximate surface area is 166 Å². The number of Topliss-reactive ketones (excluding diaryl/α,β-unsaturated/α-hetero) is 1. The molecular weight excluding hydrogens is 358 g/mol. The molecule has 0 saturated heterocycles. The van der Waals surface area contributed by atoms with E-state index in [0.29, 0.717) is 18.5 Å². The molecule has 0 amide bonds. The molecule has 0 atom stereocenters. The summed E-state index contributed by atoms with van der Waals surface area (Å²) in [5.41, 5.74) is 4.72. The zero-order valence-corrected chi connectivity index (χ0v) is 17.7. The zero-order valence-electron chi connectivity index (χ0n) is 17.7. The predicted octanol–water partition coefficient (Wildman–Crippen LogP) is 4.08. The first-order valence-corrected chi connectivity index (χ1v) is 9.37. The van der Waals surface area contributed by atoms with Crippen molar-refractivity contribution in [2.24, 2.45) is 0 Å². The molecule has 1 aliphatic rings. The molecular formula is C22H29NO5. The van der Waals surface area contributed by atoms with Gasteiger partial charge in [-0.2, -0.15) is 0 Å². The number of ether oxygens (including phenoxy) is 2. The number of aromatic nitrogens is 1. The van der Waals surface area contributed by atoms with Crippen LogP contribution in [0, 0.1) is 6.92 Å². The quantitative estimate of drug-likeness (QED) is 0.770. The molecule has 6 heteroatoms. The van der Waals surface area contributed by atoms with Gasteiger partial charge >= 0.3 is 11.9 Å². The summed E-state index contributed by atoms with van der Waals surface area (Å²) >= 11 is 0. The van der Waals surface area contributed by atoms with Gasteiger partial charge in [0, 0.05) is 18.5 Å². The van der Waals surface area contributed by atoms with E-state index in [0.717, 1.165) is 33.5 Å². The highest BCUT2D eigenvalue weighted by Crippen LogP contribution is 2.32. The van der Waals surface area contributed by atoms with Crippen molar-refractivity contribution in [3.63, 3.8) is 0 Å². The Balaban J connectivity index is 2.46. The van der Waals surface area contributed by atoms with Gasteiger partial charge in [0.1, 0.15) is 11.3 Å². The molecule has 0 radical (unpaired) electrons. The Morgan fingerprint density at radius 1 is 1.14 bits per heavy atom. The summed E-state index contributed by atoms with van der Waals surface area (Å²) < 4.78 is 10.2. The molecule has 0 fully saturated rings. The van der Waals surface area contributed by atoms with Crippen LogP contribution in [-0.2, 0) is 25.5 Å². The first-order chi connectivity index (χ1) is 12.9. The number of allylic oxidation sites excluding steroid dienone is 3. The Morgan fingerprint density at radius 3 is 2.29 bits per heavy atom. The van der Waals surface area contributed by atoms with E-state index in [1.165, 1.54) is 7.11 Å². The molecule has 28 heavy (non-hydrogen) atoms. The summed E-state index contributed by atoms with van der Waals surface area (Å²) in [5, 5.41) is 0. The van der Waals surface area contributed by atoms with Crippen LogP contribution in [0.3, 0.4) is 0 Å². The molecule has 1 aromatic rings. The number of aromatic amines is 1. The third kappa shape index (κ3) is 4.80. The van der Waals surface area contributed by atoms with Crippen LogP contribution in [0.5, 0.6) is 0 Å². The fraction of sp³-hybridized carbons (Fsp3) is 0.500. The Kier molecular flexibility index (Phi) is 6.32. The van der Waals surface area contributed by atoms with Crippen LogP contribution in [0.2, 0.25) is 0 Å². The number of rotatable bonds is 5. The van der Waals surface area contributed by atoms with Gasteiger partial charge in [0.25, 0.3) is 0 Å². The van der Waals surface area contributed by atoms with Gasteiger partial charge in [-0.05, 0) is 81.9 Å². The van der Waals surface area contributed by atoms with E-state index in [2.05, 4.69) is 4.98 Å². The Hall–Kier alpha value is -2.63. The Morgan fingerprint density at radius 2 is 1.79 bits per heavy atom. The van der Waals surface area contributed by atoms with Gasteiger partial charge in [-0.15, -0.1) is 0 Å². The summed E-state index contributed by atoms with van der Waals surface area (Å²) in [5.74, 6) is -0.691. The molecule has 1 heterocycles. The zero-order chi connectivity index (χ0) is 21.2. The molecule has 0 saturated carbocycles. The molecule has 1 aliphatic carbocycles. The number of esters is 2. The van der Waals surface area contributed by atoms with Crippen molar-refractivity contribution in [3.8, 4) is 0 Å². The second kappa shape index (κ2) is 8.17. The van der Waals surface area contributed by atoms with Crippen LogP contribution < -0.4 is 0 Å². The summed E-state index contributed by atoms with van der Waals surface area (Å²) in [7, 11) is 1.34. The average molecular weight is 387 g/mol. The SMILES string of the molecule is COC(=O)CCc1c(C(=O)OC(C)(C)C)[nH]c(/C=C2\CC(=O)C(C)=C2C)c1C. The first kappa shape index (κ1) is 21.7. The molecule has 152 valence electrons. The van der Waals surface area contributed by atoms with Crippen molar-refractivity contribution in [1.82, 2.24) is 4.98 Å². The van der Waals surface area contributed by atoms with Crippen LogP contribution in [0.1, 0.15) is 74.8 Å². The van der Waals surface area contributed by atoms with Crippen molar-refractivity contribution in [1.29, 1.82) is 0 Å². The molecule has 2 rings (SSSR count). The van der Waals surface area contributed by atoms with Crippen molar-refractivity contribution in [2.75, 3.05) is 7.11 Å². The minimum absolute atomic E-state index is 0.117. The topological polar surface area (TPSA) is 85.5 Å². The van der Waals surface area contributed by atoms with Crippen molar-refractivity contribution in [2.45, 2.75) is 66.4 Å². The van der Waals surface area contributed by atoms with Gasteiger partial charge in [-0.1, -0.05) is 0 Å². The third-order valence-corrected chi connectivity index (χ3v) is 4.96. The van der Waals surface area contributed by atoms with E-state index in [1.807, 2.05) is 26.8 Å². The van der Waals surface area contributed by atoms with E-state index in [9.17, 15) is 14.4 Å². The second-order valence-electron chi connectivity index (χ2n) is 8.11. The number of carbonyl (C=O) groups excluding carboxylic acids is 3. The molecule has 0 aliphatic heterocycles. The molecule has 1 aromatic heterocycles. The second-order valence-corrected chi connectivity index (χ2v) is 8.11. The summed E-state index contributed by atoms with van der Waals surface area (Å²) in [6.45, 7) is 11.1. The lowest BCUT2D eigenvalue weighted by atomic mass is 10.0. The highest BCUT2D eigenvalue weighted by Gasteiger charge is 2.26. The number of ketones is 1. The van der Waals surface area contributed by atoms with E-state index < -0.39 is 11.6 Å². The van der Waals surface area contributed by atoms with Gasteiger partial charge in [-0.3, -0.25) is 9.59 Å². The van der Waals surface area contributed by atoms with E-state index >= 15 is 0 Å². The number of nitrogens with one attached hydrogen (secondary N) is 1. The highest BCUT2D eigenvalue weighted by molar-refractivity contribution is 6.03. The molecule has 0 aromatic carbocycles. The highest BCUT2D eigenvalue weighted by atomic mass is 16.6. The lowest BCUT2D eigenvalue weighted by molar-refractivity contribution is -0.140. The van der Waals surface area contributed by atoms with E-state index in [4.69, 9.17) is 9.47 Å². The van der Waals surface area contributed by atoms with Crippen LogP contribution in [0.25, 0.3) is 6.08 Å². The maximum absolute atomic E-state index is 12.7. The lowest BCUT2D eigenvalue weighted by Crippen LogP contribution is -2.24. The monoisotopic (exact) mass is 387 g/mol.